The fourth-order valence-electron chi connectivity index (χ4n) is 3.69. The SMILES string of the molecule is O=C(Cl)C1(c2cccc3ccccc23)Cc2ccccc2C1. The van der Waals surface area contributed by atoms with Gasteiger partial charge in [0, 0.05) is 0 Å². The van der Waals surface area contributed by atoms with Gasteiger partial charge in [-0.15, -0.1) is 0 Å². The van der Waals surface area contributed by atoms with Gasteiger partial charge in [-0.3, -0.25) is 4.79 Å². The zero-order valence-electron chi connectivity index (χ0n) is 12.1. The maximum atomic E-state index is 12.4. The van der Waals surface area contributed by atoms with Crippen LogP contribution >= 0.6 is 11.6 Å². The first-order valence-electron chi connectivity index (χ1n) is 7.46. The molecule has 0 unspecified atom stereocenters. The number of carbonyl (C=O) groups is 1. The minimum Gasteiger partial charge on any atom is -0.280 e. The predicted octanol–water partition coefficient (Wildman–Crippen LogP) is 4.64. The molecule has 108 valence electrons. The summed E-state index contributed by atoms with van der Waals surface area (Å²) in [6, 6.07) is 22.6. The van der Waals surface area contributed by atoms with Crippen molar-refractivity contribution in [1.82, 2.24) is 0 Å². The maximum Gasteiger partial charge on any atom is 0.232 e. The third kappa shape index (κ3) is 1.89. The first-order chi connectivity index (χ1) is 10.7. The van der Waals surface area contributed by atoms with Crippen molar-refractivity contribution in [2.75, 3.05) is 0 Å². The fourth-order valence-corrected chi connectivity index (χ4v) is 3.93. The standard InChI is InChI=1S/C20H15ClO/c21-19(22)20(12-15-7-1-2-8-16(15)13-20)18-11-5-9-14-6-3-4-10-17(14)18/h1-11H,12-13H2. The summed E-state index contributed by atoms with van der Waals surface area (Å²) >= 11 is 6.13. The van der Waals surface area contributed by atoms with Crippen LogP contribution in [0.4, 0.5) is 0 Å². The van der Waals surface area contributed by atoms with Gasteiger partial charge >= 0.3 is 0 Å². The van der Waals surface area contributed by atoms with Crippen molar-refractivity contribution in [3.05, 3.63) is 83.4 Å². The molecule has 2 heteroatoms. The van der Waals surface area contributed by atoms with E-state index >= 15 is 0 Å². The van der Waals surface area contributed by atoms with Gasteiger partial charge in [-0.2, -0.15) is 0 Å². The van der Waals surface area contributed by atoms with E-state index in [9.17, 15) is 4.79 Å². The quantitative estimate of drug-likeness (QED) is 0.630. The number of hydrogen-bond acceptors (Lipinski definition) is 1. The van der Waals surface area contributed by atoms with Crippen molar-refractivity contribution in [3.63, 3.8) is 0 Å². The summed E-state index contributed by atoms with van der Waals surface area (Å²) < 4.78 is 0. The highest BCUT2D eigenvalue weighted by Crippen LogP contribution is 2.43. The van der Waals surface area contributed by atoms with Gasteiger partial charge in [0.25, 0.3) is 0 Å². The number of halogens is 1. The minimum atomic E-state index is -0.647. The topological polar surface area (TPSA) is 17.1 Å². The number of carbonyl (C=O) groups excluding carboxylic acids is 1. The van der Waals surface area contributed by atoms with Crippen molar-refractivity contribution in [2.45, 2.75) is 18.3 Å². The van der Waals surface area contributed by atoms with Gasteiger partial charge in [-0.05, 0) is 51.9 Å². The summed E-state index contributed by atoms with van der Waals surface area (Å²) in [6.45, 7) is 0. The minimum absolute atomic E-state index is 0.264. The Labute approximate surface area is 134 Å². The summed E-state index contributed by atoms with van der Waals surface area (Å²) in [4.78, 5) is 12.4. The lowest BCUT2D eigenvalue weighted by molar-refractivity contribution is -0.116. The monoisotopic (exact) mass is 306 g/mol. The predicted molar refractivity (Wildman–Crippen MR) is 90.3 cm³/mol. The zero-order chi connectivity index (χ0) is 15.2. The van der Waals surface area contributed by atoms with Crippen LogP contribution in [0.5, 0.6) is 0 Å². The fraction of sp³-hybridized carbons (Fsp3) is 0.150. The van der Waals surface area contributed by atoms with Crippen LogP contribution in [0.1, 0.15) is 16.7 Å². The highest BCUT2D eigenvalue weighted by atomic mass is 35.5. The number of rotatable bonds is 2. The molecular formula is C20H15ClO. The van der Waals surface area contributed by atoms with Crippen LogP contribution < -0.4 is 0 Å². The molecule has 0 radical (unpaired) electrons. The van der Waals surface area contributed by atoms with E-state index in [0.29, 0.717) is 12.8 Å². The van der Waals surface area contributed by atoms with Gasteiger partial charge in [0.1, 0.15) is 0 Å². The molecule has 0 bridgehead atoms. The molecule has 3 aromatic carbocycles. The molecule has 1 nitrogen and oxygen atoms in total. The van der Waals surface area contributed by atoms with E-state index in [0.717, 1.165) is 16.3 Å². The highest BCUT2D eigenvalue weighted by molar-refractivity contribution is 6.65. The van der Waals surface area contributed by atoms with Gasteiger partial charge < -0.3 is 0 Å². The van der Waals surface area contributed by atoms with Crippen molar-refractivity contribution >= 4 is 27.6 Å². The number of benzene rings is 3. The molecule has 0 fully saturated rings. The second-order valence-corrected chi connectivity index (χ2v) is 6.35. The molecule has 0 amide bonds. The van der Waals surface area contributed by atoms with Gasteiger partial charge in [0.05, 0.1) is 5.41 Å². The van der Waals surface area contributed by atoms with Crippen LogP contribution in [0.25, 0.3) is 10.8 Å². The Morgan fingerprint density at radius 3 is 2.09 bits per heavy atom. The molecule has 0 atom stereocenters. The number of hydrogen-bond donors (Lipinski definition) is 0. The normalized spacial score (nSPS) is 15.7. The summed E-state index contributed by atoms with van der Waals surface area (Å²) in [6.07, 6.45) is 1.36. The summed E-state index contributed by atoms with van der Waals surface area (Å²) in [7, 11) is 0. The molecule has 1 aliphatic rings. The van der Waals surface area contributed by atoms with E-state index in [4.69, 9.17) is 11.6 Å². The third-order valence-corrected chi connectivity index (χ3v) is 5.15. The average molecular weight is 307 g/mol. The molecule has 0 spiro atoms. The first-order valence-corrected chi connectivity index (χ1v) is 7.83. The van der Waals surface area contributed by atoms with Gasteiger partial charge in [-0.25, -0.2) is 0 Å². The van der Waals surface area contributed by atoms with Gasteiger partial charge in [0.2, 0.25) is 5.24 Å². The first kappa shape index (κ1) is 13.5. The highest BCUT2D eigenvalue weighted by Gasteiger charge is 2.45. The van der Waals surface area contributed by atoms with Crippen LogP contribution in [0.15, 0.2) is 66.7 Å². The van der Waals surface area contributed by atoms with E-state index in [1.165, 1.54) is 11.1 Å². The van der Waals surface area contributed by atoms with Crippen LogP contribution in [0, 0.1) is 0 Å². The van der Waals surface area contributed by atoms with Crippen molar-refractivity contribution in [1.29, 1.82) is 0 Å². The summed E-state index contributed by atoms with van der Waals surface area (Å²) in [5.41, 5.74) is 2.85. The van der Waals surface area contributed by atoms with Gasteiger partial charge in [-0.1, -0.05) is 66.7 Å². The smallest absolute Gasteiger partial charge is 0.232 e. The molecule has 0 aromatic heterocycles. The number of fused-ring (bicyclic) bond motifs is 2. The van der Waals surface area contributed by atoms with Crippen molar-refractivity contribution in [2.24, 2.45) is 0 Å². The molecule has 0 aliphatic heterocycles. The lowest BCUT2D eigenvalue weighted by Gasteiger charge is -2.26. The van der Waals surface area contributed by atoms with Gasteiger partial charge in [0.15, 0.2) is 0 Å². The Hall–Kier alpha value is -2.12. The molecule has 0 heterocycles. The second-order valence-electron chi connectivity index (χ2n) is 6.00. The van der Waals surface area contributed by atoms with E-state index < -0.39 is 5.41 Å². The lowest BCUT2D eigenvalue weighted by Crippen LogP contribution is -2.34. The van der Waals surface area contributed by atoms with Crippen molar-refractivity contribution < 1.29 is 4.79 Å². The molecule has 4 rings (SSSR count). The van der Waals surface area contributed by atoms with E-state index in [1.807, 2.05) is 30.3 Å². The van der Waals surface area contributed by atoms with Crippen LogP contribution in [-0.4, -0.2) is 5.24 Å². The Morgan fingerprint density at radius 2 is 1.41 bits per heavy atom. The Morgan fingerprint density at radius 1 is 0.818 bits per heavy atom. The van der Waals surface area contributed by atoms with E-state index in [1.54, 1.807) is 0 Å². The molecule has 0 saturated heterocycles. The molecule has 1 aliphatic carbocycles. The molecule has 0 N–H and O–H groups in total. The van der Waals surface area contributed by atoms with E-state index in [-0.39, 0.29) is 5.24 Å². The average Bonchev–Trinajstić information content (AvgIpc) is 2.95. The second kappa shape index (κ2) is 4.96. The molecule has 22 heavy (non-hydrogen) atoms. The summed E-state index contributed by atoms with van der Waals surface area (Å²) in [5.74, 6) is 0. The van der Waals surface area contributed by atoms with Crippen LogP contribution in [0.2, 0.25) is 0 Å². The Bertz CT molecular complexity index is 851. The summed E-state index contributed by atoms with van der Waals surface area (Å²) in [5, 5.41) is 2.00. The largest absolute Gasteiger partial charge is 0.280 e. The maximum absolute atomic E-state index is 12.4. The van der Waals surface area contributed by atoms with Crippen LogP contribution in [-0.2, 0) is 23.1 Å². The van der Waals surface area contributed by atoms with Crippen molar-refractivity contribution in [3.8, 4) is 0 Å². The Balaban J connectivity index is 1.96. The zero-order valence-corrected chi connectivity index (χ0v) is 12.8. The molecular weight excluding hydrogens is 292 g/mol. The van der Waals surface area contributed by atoms with E-state index in [2.05, 4.69) is 36.4 Å². The molecule has 0 saturated carbocycles. The third-order valence-electron chi connectivity index (χ3n) is 4.78. The van der Waals surface area contributed by atoms with Crippen LogP contribution in [0.3, 0.4) is 0 Å². The molecule has 3 aromatic rings. The Kier molecular flexibility index (Phi) is 3.05. The lowest BCUT2D eigenvalue weighted by atomic mass is 9.77.